The second kappa shape index (κ2) is 8.23. The van der Waals surface area contributed by atoms with E-state index >= 15 is 0 Å². The second-order valence-electron chi connectivity index (χ2n) is 5.88. The number of halogens is 1. The van der Waals surface area contributed by atoms with Crippen molar-refractivity contribution in [2.45, 2.75) is 39.2 Å². The van der Waals surface area contributed by atoms with Gasteiger partial charge in [-0.05, 0) is 25.0 Å². The maximum absolute atomic E-state index is 12.3. The molecule has 0 aliphatic heterocycles. The standard InChI is InChI=1S/C18H20ClNO6/c1-4-5-13(17(22)23)20-16(21)7-11-9(2)10-6-12(19)15(25-3)8-14(10)26-18(11)24/h6,8,13H,4-5,7H2,1-3H3,(H,20,21)(H,22,23)/p-1/t13-/m1/s1. The molecule has 0 spiro atoms. The highest BCUT2D eigenvalue weighted by Crippen LogP contribution is 2.31. The zero-order chi connectivity index (χ0) is 19.4. The quantitative estimate of drug-likeness (QED) is 0.726. The van der Waals surface area contributed by atoms with E-state index in [0.717, 1.165) is 0 Å². The Kier molecular flexibility index (Phi) is 6.26. The van der Waals surface area contributed by atoms with Crippen LogP contribution in [-0.2, 0) is 16.0 Å². The van der Waals surface area contributed by atoms with Crippen molar-refractivity contribution in [1.29, 1.82) is 0 Å². The maximum Gasteiger partial charge on any atom is 0.340 e. The van der Waals surface area contributed by atoms with Gasteiger partial charge < -0.3 is 24.4 Å². The van der Waals surface area contributed by atoms with Crippen LogP contribution in [0.15, 0.2) is 21.3 Å². The Morgan fingerprint density at radius 3 is 2.65 bits per heavy atom. The summed E-state index contributed by atoms with van der Waals surface area (Å²) in [6.45, 7) is 3.47. The highest BCUT2D eigenvalue weighted by atomic mass is 35.5. The minimum atomic E-state index is -1.36. The van der Waals surface area contributed by atoms with Crippen molar-refractivity contribution in [1.82, 2.24) is 5.32 Å². The Hall–Kier alpha value is -2.54. The Morgan fingerprint density at radius 2 is 2.08 bits per heavy atom. The number of rotatable bonds is 7. The maximum atomic E-state index is 12.3. The Morgan fingerprint density at radius 1 is 1.38 bits per heavy atom. The van der Waals surface area contributed by atoms with Crippen LogP contribution in [-0.4, -0.2) is 25.0 Å². The summed E-state index contributed by atoms with van der Waals surface area (Å²) in [5, 5.41) is 14.3. The molecule has 0 aliphatic rings. The lowest BCUT2D eigenvalue weighted by atomic mass is 10.0. The van der Waals surface area contributed by atoms with Crippen LogP contribution in [0.4, 0.5) is 0 Å². The second-order valence-corrected chi connectivity index (χ2v) is 6.29. The number of fused-ring (bicyclic) bond motifs is 1. The zero-order valence-corrected chi connectivity index (χ0v) is 15.4. The highest BCUT2D eigenvalue weighted by molar-refractivity contribution is 6.32. The van der Waals surface area contributed by atoms with Gasteiger partial charge in [0.2, 0.25) is 5.91 Å². The fraction of sp³-hybridized carbons (Fsp3) is 0.389. The number of carbonyl (C=O) groups is 2. The van der Waals surface area contributed by atoms with Crippen LogP contribution in [0.25, 0.3) is 11.0 Å². The predicted molar refractivity (Wildman–Crippen MR) is 94.3 cm³/mol. The molecule has 1 aromatic carbocycles. The summed E-state index contributed by atoms with van der Waals surface area (Å²) >= 11 is 6.12. The molecule has 0 fully saturated rings. The SMILES string of the molecule is CCC[C@@H](NC(=O)Cc1c(C)c2cc(Cl)c(OC)cc2oc1=O)C(=O)[O-]. The van der Waals surface area contributed by atoms with E-state index in [-0.39, 0.29) is 24.0 Å². The Bertz CT molecular complexity index is 905. The largest absolute Gasteiger partial charge is 0.548 e. The van der Waals surface area contributed by atoms with Gasteiger partial charge >= 0.3 is 5.63 Å². The van der Waals surface area contributed by atoms with Gasteiger partial charge in [-0.2, -0.15) is 0 Å². The number of aliphatic carboxylic acids is 1. The van der Waals surface area contributed by atoms with E-state index in [1.54, 1.807) is 19.9 Å². The third-order valence-corrected chi connectivity index (χ3v) is 4.39. The molecular weight excluding hydrogens is 362 g/mol. The van der Waals surface area contributed by atoms with Crippen molar-refractivity contribution in [3.8, 4) is 5.75 Å². The molecule has 0 saturated heterocycles. The van der Waals surface area contributed by atoms with Crippen LogP contribution in [0.3, 0.4) is 0 Å². The molecule has 1 amide bonds. The molecule has 1 N–H and O–H groups in total. The minimum Gasteiger partial charge on any atom is -0.548 e. The summed E-state index contributed by atoms with van der Waals surface area (Å²) in [7, 11) is 1.45. The third kappa shape index (κ3) is 4.16. The number of amides is 1. The van der Waals surface area contributed by atoms with E-state index in [9.17, 15) is 19.5 Å². The van der Waals surface area contributed by atoms with Gasteiger partial charge in [-0.15, -0.1) is 0 Å². The minimum absolute atomic E-state index is 0.143. The average Bonchev–Trinajstić information content (AvgIpc) is 2.58. The van der Waals surface area contributed by atoms with Crippen molar-refractivity contribution in [3.05, 3.63) is 38.7 Å². The lowest BCUT2D eigenvalue weighted by molar-refractivity contribution is -0.308. The van der Waals surface area contributed by atoms with Gasteiger partial charge in [-0.25, -0.2) is 4.79 Å². The van der Waals surface area contributed by atoms with Gasteiger partial charge in [-0.1, -0.05) is 24.9 Å². The van der Waals surface area contributed by atoms with Crippen molar-refractivity contribution < 1.29 is 23.8 Å². The molecule has 2 rings (SSSR count). The van der Waals surface area contributed by atoms with Gasteiger partial charge in [0.15, 0.2) is 0 Å². The summed E-state index contributed by atoms with van der Waals surface area (Å²) in [6.07, 6.45) is 0.506. The number of methoxy groups -OCH3 is 1. The van der Waals surface area contributed by atoms with Crippen LogP contribution in [0.5, 0.6) is 5.75 Å². The number of hydrogen-bond acceptors (Lipinski definition) is 6. The molecule has 1 heterocycles. The number of hydrogen-bond donors (Lipinski definition) is 1. The fourth-order valence-electron chi connectivity index (χ4n) is 2.69. The molecule has 26 heavy (non-hydrogen) atoms. The Balaban J connectivity index is 2.36. The van der Waals surface area contributed by atoms with E-state index < -0.39 is 23.5 Å². The summed E-state index contributed by atoms with van der Waals surface area (Å²) in [6, 6.07) is 2.00. The van der Waals surface area contributed by atoms with Crippen LogP contribution in [0, 0.1) is 6.92 Å². The first-order valence-corrected chi connectivity index (χ1v) is 8.46. The zero-order valence-electron chi connectivity index (χ0n) is 14.7. The van der Waals surface area contributed by atoms with Crippen molar-refractivity contribution in [3.63, 3.8) is 0 Å². The van der Waals surface area contributed by atoms with Crippen LogP contribution in [0.2, 0.25) is 5.02 Å². The van der Waals surface area contributed by atoms with Gasteiger partial charge in [0.1, 0.15) is 11.3 Å². The van der Waals surface area contributed by atoms with Gasteiger partial charge in [0, 0.05) is 11.5 Å². The molecule has 0 aliphatic carbocycles. The molecule has 1 aromatic heterocycles. The number of carboxylic acids is 1. The van der Waals surface area contributed by atoms with E-state index in [2.05, 4.69) is 5.32 Å². The molecule has 7 nitrogen and oxygen atoms in total. The molecule has 0 saturated carbocycles. The number of aryl methyl sites for hydroxylation is 1. The molecule has 0 bridgehead atoms. The first-order chi connectivity index (χ1) is 12.3. The van der Waals surface area contributed by atoms with Gasteiger partial charge in [-0.3, -0.25) is 4.79 Å². The number of nitrogens with one attached hydrogen (secondary N) is 1. The number of carbonyl (C=O) groups excluding carboxylic acids is 2. The molecular formula is C18H19ClNO6-. The van der Waals surface area contributed by atoms with Crippen molar-refractivity contribution in [2.75, 3.05) is 7.11 Å². The number of ether oxygens (including phenoxy) is 1. The van der Waals surface area contributed by atoms with E-state index in [4.69, 9.17) is 20.8 Å². The van der Waals surface area contributed by atoms with Crippen molar-refractivity contribution in [2.24, 2.45) is 0 Å². The van der Waals surface area contributed by atoms with Gasteiger partial charge in [0.05, 0.1) is 36.1 Å². The number of carboxylic acid groups (broad SMARTS) is 1. The Labute approximate surface area is 154 Å². The third-order valence-electron chi connectivity index (χ3n) is 4.09. The molecule has 140 valence electrons. The van der Waals surface area contributed by atoms with Crippen LogP contribution < -0.4 is 20.8 Å². The normalized spacial score (nSPS) is 12.0. The monoisotopic (exact) mass is 380 g/mol. The fourth-order valence-corrected chi connectivity index (χ4v) is 2.93. The van der Waals surface area contributed by atoms with Gasteiger partial charge in [0.25, 0.3) is 0 Å². The summed E-state index contributed by atoms with van der Waals surface area (Å²) in [4.78, 5) is 35.5. The molecule has 1 atom stereocenters. The van der Waals surface area contributed by atoms with Crippen molar-refractivity contribution >= 4 is 34.4 Å². The summed E-state index contributed by atoms with van der Waals surface area (Å²) in [5.41, 5.74) is 0.299. The smallest absolute Gasteiger partial charge is 0.340 e. The van der Waals surface area contributed by atoms with E-state index in [0.29, 0.717) is 28.1 Å². The molecule has 0 radical (unpaired) electrons. The first kappa shape index (κ1) is 19.8. The van der Waals surface area contributed by atoms with E-state index in [1.807, 2.05) is 0 Å². The van der Waals surface area contributed by atoms with E-state index in [1.165, 1.54) is 13.2 Å². The summed E-state index contributed by atoms with van der Waals surface area (Å²) in [5.74, 6) is -1.59. The summed E-state index contributed by atoms with van der Waals surface area (Å²) < 4.78 is 10.4. The predicted octanol–water partition coefficient (Wildman–Crippen LogP) is 1.34. The topological polar surface area (TPSA) is 109 Å². The molecule has 8 heteroatoms. The average molecular weight is 381 g/mol. The number of benzene rings is 1. The highest BCUT2D eigenvalue weighted by Gasteiger charge is 2.19. The first-order valence-electron chi connectivity index (χ1n) is 8.08. The molecule has 2 aromatic rings. The van der Waals surface area contributed by atoms with Crippen LogP contribution in [0.1, 0.15) is 30.9 Å². The molecule has 0 unspecified atom stereocenters. The lowest BCUT2D eigenvalue weighted by Crippen LogP contribution is -2.48. The lowest BCUT2D eigenvalue weighted by Gasteiger charge is -2.19. The van der Waals surface area contributed by atoms with Crippen LogP contribution >= 0.6 is 11.6 Å².